The number of rotatable bonds is 4. The first-order valence-corrected chi connectivity index (χ1v) is 7.46. The molecule has 0 aliphatic carbocycles. The molecule has 0 spiro atoms. The van der Waals surface area contributed by atoms with Gasteiger partial charge in [-0.2, -0.15) is 0 Å². The van der Waals surface area contributed by atoms with E-state index >= 15 is 0 Å². The van der Waals surface area contributed by atoms with Gasteiger partial charge in [-0.15, -0.1) is 0 Å². The zero-order valence-electron chi connectivity index (χ0n) is 14.0. The molecule has 0 bridgehead atoms. The number of aryl methyl sites for hydroxylation is 1. The third kappa shape index (κ3) is 3.18. The molecule has 2 aromatic rings. The molecule has 0 aliphatic rings. The minimum atomic E-state index is -0.308. The quantitative estimate of drug-likeness (QED) is 0.872. The summed E-state index contributed by atoms with van der Waals surface area (Å²) in [5.41, 5.74) is 3.19. The second-order valence-electron chi connectivity index (χ2n) is 5.82. The number of carbonyl (C=O) groups excluding carboxylic acids is 2. The van der Waals surface area contributed by atoms with Crippen molar-refractivity contribution >= 4 is 11.7 Å². The molecule has 1 heterocycles. The van der Waals surface area contributed by atoms with Crippen LogP contribution in [0.5, 0.6) is 0 Å². The van der Waals surface area contributed by atoms with Gasteiger partial charge in [0.05, 0.1) is 6.04 Å². The number of aromatic nitrogens is 1. The van der Waals surface area contributed by atoms with Gasteiger partial charge in [0.15, 0.2) is 5.78 Å². The van der Waals surface area contributed by atoms with Crippen LogP contribution in [0.2, 0.25) is 0 Å². The number of aromatic amines is 1. The molecule has 4 nitrogen and oxygen atoms in total. The topological polar surface area (TPSA) is 53.2 Å². The molecule has 0 aliphatic heterocycles. The lowest BCUT2D eigenvalue weighted by Gasteiger charge is -2.25. The lowest BCUT2D eigenvalue weighted by atomic mass is 10.0. The Bertz CT molecular complexity index is 747. The van der Waals surface area contributed by atoms with E-state index in [-0.39, 0.29) is 23.5 Å². The molecule has 1 aromatic heterocycles. The Morgan fingerprint density at radius 2 is 1.74 bits per heavy atom. The van der Waals surface area contributed by atoms with Crippen LogP contribution in [0.1, 0.15) is 57.6 Å². The van der Waals surface area contributed by atoms with Gasteiger partial charge >= 0.3 is 0 Å². The van der Waals surface area contributed by atoms with Crippen molar-refractivity contribution in [1.82, 2.24) is 9.88 Å². The molecule has 122 valence electrons. The number of carbonyl (C=O) groups is 2. The van der Waals surface area contributed by atoms with Crippen LogP contribution in [0.3, 0.4) is 0 Å². The predicted molar refractivity (Wildman–Crippen MR) is 87.2 cm³/mol. The number of ketones is 1. The monoisotopic (exact) mass is 316 g/mol. The van der Waals surface area contributed by atoms with Crippen LogP contribution >= 0.6 is 0 Å². The third-order valence-corrected chi connectivity index (χ3v) is 4.26. The van der Waals surface area contributed by atoms with Crippen molar-refractivity contribution in [1.29, 1.82) is 0 Å². The van der Waals surface area contributed by atoms with E-state index in [0.29, 0.717) is 22.5 Å². The largest absolute Gasteiger partial charge is 0.354 e. The van der Waals surface area contributed by atoms with Gasteiger partial charge in [0.1, 0.15) is 11.5 Å². The first kappa shape index (κ1) is 16.9. The van der Waals surface area contributed by atoms with Gasteiger partial charge < -0.3 is 9.88 Å². The van der Waals surface area contributed by atoms with Crippen molar-refractivity contribution in [2.45, 2.75) is 33.7 Å². The van der Waals surface area contributed by atoms with E-state index < -0.39 is 0 Å². The maximum atomic E-state index is 13.0. The Labute approximate surface area is 135 Å². The number of nitrogens with one attached hydrogen (secondary N) is 1. The van der Waals surface area contributed by atoms with Gasteiger partial charge in [0.25, 0.3) is 5.91 Å². The van der Waals surface area contributed by atoms with Gasteiger partial charge in [-0.1, -0.05) is 12.1 Å². The van der Waals surface area contributed by atoms with E-state index in [1.165, 1.54) is 19.1 Å². The van der Waals surface area contributed by atoms with Crippen molar-refractivity contribution in [3.63, 3.8) is 0 Å². The number of hydrogen-bond acceptors (Lipinski definition) is 2. The summed E-state index contributed by atoms with van der Waals surface area (Å²) in [6.07, 6.45) is 0. The average molecular weight is 316 g/mol. The molecule has 1 atom stereocenters. The second kappa shape index (κ2) is 6.36. The van der Waals surface area contributed by atoms with Crippen molar-refractivity contribution in [2.24, 2.45) is 0 Å². The van der Waals surface area contributed by atoms with Crippen molar-refractivity contribution in [3.05, 3.63) is 58.2 Å². The summed E-state index contributed by atoms with van der Waals surface area (Å²) in [7, 11) is 1.69. The number of hydrogen-bond donors (Lipinski definition) is 1. The summed E-state index contributed by atoms with van der Waals surface area (Å²) < 4.78 is 13.0. The number of Topliss-reactive ketones (excluding diaryl/α,β-unsaturated/α-hetero) is 1. The van der Waals surface area contributed by atoms with Crippen molar-refractivity contribution < 1.29 is 14.0 Å². The highest BCUT2D eigenvalue weighted by Crippen LogP contribution is 2.24. The Morgan fingerprint density at radius 1 is 1.17 bits per heavy atom. The summed E-state index contributed by atoms with van der Waals surface area (Å²) in [5.74, 6) is -0.573. The fourth-order valence-corrected chi connectivity index (χ4v) is 2.81. The van der Waals surface area contributed by atoms with Gasteiger partial charge in [0, 0.05) is 18.3 Å². The van der Waals surface area contributed by atoms with E-state index in [2.05, 4.69) is 4.98 Å². The Hall–Kier alpha value is -2.43. The smallest absolute Gasteiger partial charge is 0.270 e. The van der Waals surface area contributed by atoms with Gasteiger partial charge in [-0.05, 0) is 51.0 Å². The summed E-state index contributed by atoms with van der Waals surface area (Å²) in [5, 5.41) is 0. The van der Waals surface area contributed by atoms with Crippen LogP contribution in [0, 0.1) is 19.7 Å². The number of halogens is 1. The molecular formula is C18H21FN2O2. The first-order valence-electron chi connectivity index (χ1n) is 7.46. The highest BCUT2D eigenvalue weighted by atomic mass is 19.1. The Kier molecular flexibility index (Phi) is 4.68. The molecule has 0 unspecified atom stereocenters. The number of nitrogens with zero attached hydrogens (tertiary/aromatic N) is 1. The second-order valence-corrected chi connectivity index (χ2v) is 5.82. The van der Waals surface area contributed by atoms with Crippen LogP contribution < -0.4 is 0 Å². The number of H-pyrrole nitrogens is 1. The van der Waals surface area contributed by atoms with E-state index in [4.69, 9.17) is 0 Å². The molecular weight excluding hydrogens is 295 g/mol. The van der Waals surface area contributed by atoms with E-state index in [0.717, 1.165) is 5.56 Å². The maximum absolute atomic E-state index is 13.0. The third-order valence-electron chi connectivity index (χ3n) is 4.26. The fourth-order valence-electron chi connectivity index (χ4n) is 2.81. The van der Waals surface area contributed by atoms with Gasteiger partial charge in [-0.25, -0.2) is 4.39 Å². The molecule has 0 saturated carbocycles. The lowest BCUT2D eigenvalue weighted by Crippen LogP contribution is -2.30. The lowest BCUT2D eigenvalue weighted by molar-refractivity contribution is 0.0736. The van der Waals surface area contributed by atoms with E-state index in [1.54, 1.807) is 37.9 Å². The molecule has 2 rings (SSSR count). The van der Waals surface area contributed by atoms with Crippen LogP contribution in [0.4, 0.5) is 4.39 Å². The molecule has 0 radical (unpaired) electrons. The molecule has 1 amide bonds. The zero-order valence-corrected chi connectivity index (χ0v) is 14.0. The van der Waals surface area contributed by atoms with Gasteiger partial charge in [-0.3, -0.25) is 9.59 Å². The van der Waals surface area contributed by atoms with E-state index in [9.17, 15) is 14.0 Å². The van der Waals surface area contributed by atoms with Crippen molar-refractivity contribution in [2.75, 3.05) is 7.05 Å². The zero-order chi connectivity index (χ0) is 17.3. The maximum Gasteiger partial charge on any atom is 0.270 e. The number of amides is 1. The molecule has 0 fully saturated rings. The standard InChI is InChI=1S/C18H21FN2O2/c1-10-16(13(4)22)11(2)20-17(10)18(23)21(5)12(3)14-6-8-15(19)9-7-14/h6-9,12,20H,1-5H3/t12-/m1/s1. The van der Waals surface area contributed by atoms with Crippen LogP contribution in [-0.4, -0.2) is 28.6 Å². The summed E-state index contributed by atoms with van der Waals surface area (Å²) in [4.78, 5) is 29.0. The van der Waals surface area contributed by atoms with Crippen LogP contribution in [0.15, 0.2) is 24.3 Å². The van der Waals surface area contributed by atoms with Gasteiger partial charge in [0.2, 0.25) is 0 Å². The molecule has 23 heavy (non-hydrogen) atoms. The first-order chi connectivity index (χ1) is 10.7. The van der Waals surface area contributed by atoms with Crippen LogP contribution in [0.25, 0.3) is 0 Å². The number of benzene rings is 1. The van der Waals surface area contributed by atoms with Crippen molar-refractivity contribution in [3.8, 4) is 0 Å². The summed E-state index contributed by atoms with van der Waals surface area (Å²) in [6, 6.07) is 5.87. The van der Waals surface area contributed by atoms with E-state index in [1.807, 2.05) is 6.92 Å². The molecule has 5 heteroatoms. The summed E-state index contributed by atoms with van der Waals surface area (Å²) in [6.45, 7) is 6.91. The van der Waals surface area contributed by atoms with Crippen LogP contribution in [-0.2, 0) is 0 Å². The Morgan fingerprint density at radius 3 is 2.22 bits per heavy atom. The minimum absolute atomic E-state index is 0.0652. The normalized spacial score (nSPS) is 12.1. The predicted octanol–water partition coefficient (Wildman–Crippen LogP) is 3.81. The molecule has 0 saturated heterocycles. The Balaban J connectivity index is 2.31. The molecule has 1 aromatic carbocycles. The summed E-state index contributed by atoms with van der Waals surface area (Å²) >= 11 is 0. The minimum Gasteiger partial charge on any atom is -0.354 e. The highest BCUT2D eigenvalue weighted by molar-refractivity contribution is 6.02. The fraction of sp³-hybridized carbons (Fsp3) is 0.333. The highest BCUT2D eigenvalue weighted by Gasteiger charge is 2.25. The average Bonchev–Trinajstić information content (AvgIpc) is 2.80. The SMILES string of the molecule is CC(=O)c1c(C)[nH]c(C(=O)N(C)[C@H](C)c2ccc(F)cc2)c1C. The molecule has 1 N–H and O–H groups in total.